The van der Waals surface area contributed by atoms with Gasteiger partial charge in [0.15, 0.2) is 11.5 Å². The zero-order valence-electron chi connectivity index (χ0n) is 12.2. The van der Waals surface area contributed by atoms with E-state index in [9.17, 15) is 4.79 Å². The third kappa shape index (κ3) is 2.95. The second-order valence-electron chi connectivity index (χ2n) is 5.22. The van der Waals surface area contributed by atoms with E-state index in [4.69, 9.17) is 5.11 Å². The minimum atomic E-state index is -0.804. The summed E-state index contributed by atoms with van der Waals surface area (Å²) in [4.78, 5) is 10.6. The van der Waals surface area contributed by atoms with Crippen LogP contribution in [0.3, 0.4) is 0 Å². The van der Waals surface area contributed by atoms with Gasteiger partial charge in [-0.3, -0.25) is 4.79 Å². The van der Waals surface area contributed by atoms with Gasteiger partial charge >= 0.3 is 5.97 Å². The van der Waals surface area contributed by atoms with E-state index in [-0.39, 0.29) is 6.42 Å². The number of fused-ring (bicyclic) bond motifs is 1. The van der Waals surface area contributed by atoms with Crippen molar-refractivity contribution in [3.05, 3.63) is 47.8 Å². The molecule has 0 atom stereocenters. The van der Waals surface area contributed by atoms with E-state index >= 15 is 0 Å². The van der Waals surface area contributed by atoms with Gasteiger partial charge in [-0.1, -0.05) is 29.8 Å². The number of carboxylic acids is 1. The average Bonchev–Trinajstić information content (AvgIpc) is 2.90. The summed E-state index contributed by atoms with van der Waals surface area (Å²) in [6.45, 7) is 2.04. The third-order valence-electron chi connectivity index (χ3n) is 3.47. The van der Waals surface area contributed by atoms with E-state index in [0.717, 1.165) is 11.3 Å². The van der Waals surface area contributed by atoms with Crippen LogP contribution in [0.4, 0.5) is 0 Å². The summed E-state index contributed by atoms with van der Waals surface area (Å²) in [6, 6.07) is 11.9. The molecule has 0 aliphatic carbocycles. The number of hydrogen-bond donors (Lipinski definition) is 1. The third-order valence-corrected chi connectivity index (χ3v) is 3.47. The minimum absolute atomic E-state index is 0.118. The molecule has 22 heavy (non-hydrogen) atoms. The van der Waals surface area contributed by atoms with Crippen LogP contribution in [0.1, 0.15) is 24.2 Å². The monoisotopic (exact) mass is 296 g/mol. The molecule has 6 nitrogen and oxygen atoms in total. The number of aliphatic carboxylic acids is 1. The van der Waals surface area contributed by atoms with Crippen molar-refractivity contribution in [2.45, 2.75) is 26.2 Å². The van der Waals surface area contributed by atoms with E-state index in [0.29, 0.717) is 24.3 Å². The first-order valence-electron chi connectivity index (χ1n) is 7.13. The minimum Gasteiger partial charge on any atom is -0.481 e. The van der Waals surface area contributed by atoms with Gasteiger partial charge in [-0.15, -0.1) is 10.2 Å². The first-order valence-corrected chi connectivity index (χ1v) is 7.13. The van der Waals surface area contributed by atoms with E-state index < -0.39 is 5.97 Å². The molecule has 0 saturated heterocycles. The van der Waals surface area contributed by atoms with Gasteiger partial charge in [0, 0.05) is 18.4 Å². The number of benzene rings is 1. The van der Waals surface area contributed by atoms with Gasteiger partial charge in [0.05, 0.1) is 5.69 Å². The summed E-state index contributed by atoms with van der Waals surface area (Å²) in [5.41, 5.74) is 3.73. The lowest BCUT2D eigenvalue weighted by Crippen LogP contribution is -2.02. The lowest BCUT2D eigenvalue weighted by molar-refractivity contribution is -0.137. The summed E-state index contributed by atoms with van der Waals surface area (Å²) >= 11 is 0. The molecule has 112 valence electrons. The molecule has 0 aliphatic heterocycles. The Balaban J connectivity index is 1.90. The van der Waals surface area contributed by atoms with Crippen molar-refractivity contribution in [2.24, 2.45) is 0 Å². The molecule has 0 spiro atoms. The molecule has 2 aromatic heterocycles. The van der Waals surface area contributed by atoms with Crippen LogP contribution in [0.25, 0.3) is 16.9 Å². The molecule has 0 saturated carbocycles. The lowest BCUT2D eigenvalue weighted by atomic mass is 10.1. The van der Waals surface area contributed by atoms with Crippen molar-refractivity contribution in [1.29, 1.82) is 0 Å². The second kappa shape index (κ2) is 5.93. The Labute approximate surface area is 127 Å². The van der Waals surface area contributed by atoms with Crippen LogP contribution in [0.15, 0.2) is 36.4 Å². The lowest BCUT2D eigenvalue weighted by Gasteiger charge is -2.03. The number of rotatable bonds is 5. The van der Waals surface area contributed by atoms with Gasteiger partial charge in [0.1, 0.15) is 0 Å². The highest BCUT2D eigenvalue weighted by Gasteiger charge is 2.09. The molecule has 0 fully saturated rings. The molecule has 3 rings (SSSR count). The van der Waals surface area contributed by atoms with Gasteiger partial charge in [0.25, 0.3) is 0 Å². The summed E-state index contributed by atoms with van der Waals surface area (Å²) in [5, 5.41) is 21.5. The maximum absolute atomic E-state index is 10.6. The van der Waals surface area contributed by atoms with Gasteiger partial charge in [0.2, 0.25) is 0 Å². The smallest absolute Gasteiger partial charge is 0.303 e. The molecule has 1 aromatic carbocycles. The van der Waals surface area contributed by atoms with Crippen LogP contribution in [-0.2, 0) is 11.2 Å². The average molecular weight is 296 g/mol. The highest BCUT2D eigenvalue weighted by Crippen LogP contribution is 2.18. The number of carboxylic acid groups (broad SMARTS) is 1. The summed E-state index contributed by atoms with van der Waals surface area (Å²) in [6.07, 6.45) is 1.18. The van der Waals surface area contributed by atoms with Crippen molar-refractivity contribution in [2.75, 3.05) is 0 Å². The SMILES string of the molecule is Cc1ccc(-c2ccc3nnc(CCCC(=O)O)n3n2)cc1. The predicted molar refractivity (Wildman–Crippen MR) is 81.5 cm³/mol. The van der Waals surface area contributed by atoms with E-state index in [2.05, 4.69) is 15.3 Å². The fraction of sp³-hybridized carbons (Fsp3) is 0.250. The van der Waals surface area contributed by atoms with Crippen LogP contribution in [0.5, 0.6) is 0 Å². The maximum Gasteiger partial charge on any atom is 0.303 e. The van der Waals surface area contributed by atoms with Crippen molar-refractivity contribution in [3.63, 3.8) is 0 Å². The van der Waals surface area contributed by atoms with Gasteiger partial charge in [-0.05, 0) is 25.5 Å². The molecule has 2 heterocycles. The Kier molecular flexibility index (Phi) is 3.82. The van der Waals surface area contributed by atoms with Crippen molar-refractivity contribution in [1.82, 2.24) is 19.8 Å². The molecule has 0 amide bonds. The van der Waals surface area contributed by atoms with Crippen molar-refractivity contribution >= 4 is 11.6 Å². The maximum atomic E-state index is 10.6. The Hall–Kier alpha value is -2.76. The highest BCUT2D eigenvalue weighted by atomic mass is 16.4. The number of aromatic nitrogens is 4. The van der Waals surface area contributed by atoms with Gasteiger partial charge in [-0.25, -0.2) is 0 Å². The van der Waals surface area contributed by atoms with Crippen LogP contribution in [0.2, 0.25) is 0 Å². The molecule has 0 bridgehead atoms. The van der Waals surface area contributed by atoms with Crippen molar-refractivity contribution < 1.29 is 9.90 Å². The molecule has 0 aliphatic rings. The Morgan fingerprint density at radius 1 is 1.14 bits per heavy atom. The Morgan fingerprint density at radius 2 is 1.91 bits per heavy atom. The first kappa shape index (κ1) is 14.2. The topological polar surface area (TPSA) is 80.4 Å². The first-order chi connectivity index (χ1) is 10.6. The van der Waals surface area contributed by atoms with Gasteiger partial charge in [-0.2, -0.15) is 9.61 Å². The zero-order valence-corrected chi connectivity index (χ0v) is 12.2. The zero-order chi connectivity index (χ0) is 15.5. The highest BCUT2D eigenvalue weighted by molar-refractivity contribution is 5.66. The van der Waals surface area contributed by atoms with Crippen LogP contribution in [0, 0.1) is 6.92 Å². The summed E-state index contributed by atoms with van der Waals surface area (Å²) < 4.78 is 1.69. The molecule has 3 aromatic rings. The van der Waals surface area contributed by atoms with Crippen molar-refractivity contribution in [3.8, 4) is 11.3 Å². The normalized spacial score (nSPS) is 11.0. The Bertz CT molecular complexity index is 809. The molecule has 0 unspecified atom stereocenters. The summed E-state index contributed by atoms with van der Waals surface area (Å²) in [5.74, 6) is -0.118. The quantitative estimate of drug-likeness (QED) is 0.782. The fourth-order valence-electron chi connectivity index (χ4n) is 2.27. The van der Waals surface area contributed by atoms with E-state index in [1.807, 2.05) is 43.3 Å². The number of carbonyl (C=O) groups is 1. The number of hydrogen-bond acceptors (Lipinski definition) is 4. The molecular weight excluding hydrogens is 280 g/mol. The van der Waals surface area contributed by atoms with Crippen LogP contribution in [-0.4, -0.2) is 30.9 Å². The number of nitrogens with zero attached hydrogens (tertiary/aromatic N) is 4. The van der Waals surface area contributed by atoms with Gasteiger partial charge < -0.3 is 5.11 Å². The molecule has 0 radical (unpaired) electrons. The standard InChI is InChI=1S/C16H16N4O2/c1-11-5-7-12(8-6-11)13-9-10-15-18-17-14(20(15)19-13)3-2-4-16(21)22/h5-10H,2-4H2,1H3,(H,21,22). The second-order valence-corrected chi connectivity index (χ2v) is 5.22. The van der Waals surface area contributed by atoms with Crippen LogP contribution < -0.4 is 0 Å². The fourth-order valence-corrected chi connectivity index (χ4v) is 2.27. The summed E-state index contributed by atoms with van der Waals surface area (Å²) in [7, 11) is 0. The van der Waals surface area contributed by atoms with E-state index in [1.54, 1.807) is 4.52 Å². The number of aryl methyl sites for hydroxylation is 2. The molecular formula is C16H16N4O2. The predicted octanol–water partition coefficient (Wildman–Crippen LogP) is 2.51. The Morgan fingerprint density at radius 3 is 2.64 bits per heavy atom. The molecule has 1 N–H and O–H groups in total. The largest absolute Gasteiger partial charge is 0.481 e. The van der Waals surface area contributed by atoms with Crippen LogP contribution >= 0.6 is 0 Å². The molecule has 6 heteroatoms. The van der Waals surface area contributed by atoms with E-state index in [1.165, 1.54) is 5.56 Å².